The SMILES string of the molecule is C[C@H](c1ccccc1)n1nccc1C(=O)OC1CSC1. The highest BCUT2D eigenvalue weighted by atomic mass is 32.2. The Morgan fingerprint density at radius 2 is 2.10 bits per heavy atom. The molecule has 2 aromatic rings. The molecule has 104 valence electrons. The predicted octanol–water partition coefficient (Wildman–Crippen LogP) is 2.76. The van der Waals surface area contributed by atoms with Gasteiger partial charge in [-0.3, -0.25) is 4.68 Å². The second-order valence-electron chi connectivity index (χ2n) is 4.81. The number of esters is 1. The van der Waals surface area contributed by atoms with Crippen molar-refractivity contribution < 1.29 is 9.53 Å². The Hall–Kier alpha value is -1.75. The van der Waals surface area contributed by atoms with E-state index in [9.17, 15) is 4.79 Å². The monoisotopic (exact) mass is 288 g/mol. The molecular formula is C15H16N2O2S. The highest BCUT2D eigenvalue weighted by Gasteiger charge is 2.26. The van der Waals surface area contributed by atoms with Crippen LogP contribution in [0.3, 0.4) is 0 Å². The van der Waals surface area contributed by atoms with Gasteiger partial charge in [0.25, 0.3) is 0 Å². The Labute approximate surface area is 122 Å². The number of ether oxygens (including phenoxy) is 1. The van der Waals surface area contributed by atoms with Gasteiger partial charge in [-0.1, -0.05) is 30.3 Å². The molecule has 0 unspecified atom stereocenters. The van der Waals surface area contributed by atoms with Gasteiger partial charge < -0.3 is 4.74 Å². The van der Waals surface area contributed by atoms with Gasteiger partial charge in [0.1, 0.15) is 11.8 Å². The summed E-state index contributed by atoms with van der Waals surface area (Å²) in [6, 6.07) is 11.7. The molecule has 3 rings (SSSR count). The number of carbonyl (C=O) groups is 1. The second-order valence-corrected chi connectivity index (χ2v) is 5.89. The fourth-order valence-electron chi connectivity index (χ4n) is 2.15. The lowest BCUT2D eigenvalue weighted by molar-refractivity contribution is 0.0359. The molecule has 0 radical (unpaired) electrons. The van der Waals surface area contributed by atoms with E-state index in [0.29, 0.717) is 5.69 Å². The summed E-state index contributed by atoms with van der Waals surface area (Å²) >= 11 is 1.79. The van der Waals surface area contributed by atoms with E-state index in [-0.39, 0.29) is 18.1 Å². The van der Waals surface area contributed by atoms with Crippen LogP contribution in [-0.2, 0) is 4.74 Å². The van der Waals surface area contributed by atoms with Gasteiger partial charge in [-0.15, -0.1) is 0 Å². The first kappa shape index (κ1) is 13.2. The number of hydrogen-bond acceptors (Lipinski definition) is 4. The molecule has 0 saturated carbocycles. The molecule has 0 spiro atoms. The van der Waals surface area contributed by atoms with Crippen molar-refractivity contribution in [3.05, 3.63) is 53.9 Å². The molecule has 2 heterocycles. The van der Waals surface area contributed by atoms with Crippen LogP contribution < -0.4 is 0 Å². The van der Waals surface area contributed by atoms with Gasteiger partial charge in [-0.25, -0.2) is 4.79 Å². The Morgan fingerprint density at radius 3 is 2.75 bits per heavy atom. The van der Waals surface area contributed by atoms with E-state index in [0.717, 1.165) is 17.1 Å². The molecular weight excluding hydrogens is 272 g/mol. The summed E-state index contributed by atoms with van der Waals surface area (Å²) in [5.41, 5.74) is 1.63. The van der Waals surface area contributed by atoms with Crippen molar-refractivity contribution in [2.24, 2.45) is 0 Å². The number of carbonyl (C=O) groups excluding carboxylic acids is 1. The molecule has 1 saturated heterocycles. The first-order chi connectivity index (χ1) is 9.75. The number of nitrogens with zero attached hydrogens (tertiary/aromatic N) is 2. The molecule has 20 heavy (non-hydrogen) atoms. The van der Waals surface area contributed by atoms with Crippen LogP contribution in [0.1, 0.15) is 29.0 Å². The Balaban J connectivity index is 1.80. The summed E-state index contributed by atoms with van der Waals surface area (Å²) in [4.78, 5) is 12.2. The van der Waals surface area contributed by atoms with Crippen molar-refractivity contribution in [3.8, 4) is 0 Å². The maximum absolute atomic E-state index is 12.2. The summed E-state index contributed by atoms with van der Waals surface area (Å²) in [6.07, 6.45) is 1.70. The largest absolute Gasteiger partial charge is 0.456 e. The fraction of sp³-hybridized carbons (Fsp3) is 0.333. The molecule has 1 aliphatic heterocycles. The average Bonchev–Trinajstić information content (AvgIpc) is 2.92. The normalized spacial score (nSPS) is 16.4. The van der Waals surface area contributed by atoms with Gasteiger partial charge in [0.15, 0.2) is 0 Å². The topological polar surface area (TPSA) is 44.1 Å². The zero-order valence-corrected chi connectivity index (χ0v) is 12.0. The van der Waals surface area contributed by atoms with Crippen LogP contribution in [0, 0.1) is 0 Å². The molecule has 0 N–H and O–H groups in total. The van der Waals surface area contributed by atoms with E-state index >= 15 is 0 Å². The first-order valence-corrected chi connectivity index (χ1v) is 7.78. The van der Waals surface area contributed by atoms with Crippen LogP contribution in [-0.4, -0.2) is 33.4 Å². The van der Waals surface area contributed by atoms with Crippen LogP contribution in [0.4, 0.5) is 0 Å². The molecule has 1 aliphatic rings. The lowest BCUT2D eigenvalue weighted by Crippen LogP contribution is -2.31. The highest BCUT2D eigenvalue weighted by Crippen LogP contribution is 2.23. The molecule has 1 aromatic carbocycles. The Kier molecular flexibility index (Phi) is 3.78. The third kappa shape index (κ3) is 2.58. The van der Waals surface area contributed by atoms with Crippen molar-refractivity contribution in [2.75, 3.05) is 11.5 Å². The van der Waals surface area contributed by atoms with E-state index in [2.05, 4.69) is 5.10 Å². The minimum Gasteiger partial charge on any atom is -0.456 e. The third-order valence-corrected chi connectivity index (χ3v) is 4.62. The maximum Gasteiger partial charge on any atom is 0.356 e. The van der Waals surface area contributed by atoms with Gasteiger partial charge in [-0.05, 0) is 18.6 Å². The number of hydrogen-bond donors (Lipinski definition) is 0. The zero-order valence-electron chi connectivity index (χ0n) is 11.2. The van der Waals surface area contributed by atoms with Gasteiger partial charge in [0, 0.05) is 17.7 Å². The Bertz CT molecular complexity index is 593. The first-order valence-electron chi connectivity index (χ1n) is 6.63. The molecule has 0 amide bonds. The third-order valence-electron chi connectivity index (χ3n) is 3.41. The molecule has 0 aliphatic carbocycles. The van der Waals surface area contributed by atoms with Crippen molar-refractivity contribution in [1.29, 1.82) is 0 Å². The van der Waals surface area contributed by atoms with Crippen LogP contribution in [0.5, 0.6) is 0 Å². The standard InChI is InChI=1S/C15H16N2O2S/c1-11(12-5-3-2-4-6-12)17-14(7-8-16-17)15(18)19-13-9-20-10-13/h2-8,11,13H,9-10H2,1H3/t11-/m1/s1. The summed E-state index contributed by atoms with van der Waals surface area (Å²) in [5.74, 6) is 1.51. The van der Waals surface area contributed by atoms with Crippen molar-refractivity contribution in [3.63, 3.8) is 0 Å². The summed E-state index contributed by atoms with van der Waals surface area (Å²) < 4.78 is 7.16. The molecule has 4 nitrogen and oxygen atoms in total. The molecule has 1 fully saturated rings. The maximum atomic E-state index is 12.2. The van der Waals surface area contributed by atoms with Crippen LogP contribution in [0.15, 0.2) is 42.6 Å². The summed E-state index contributed by atoms with van der Waals surface area (Å²) in [6.45, 7) is 2.03. The van der Waals surface area contributed by atoms with Crippen LogP contribution in [0.25, 0.3) is 0 Å². The molecule has 1 atom stereocenters. The minimum absolute atomic E-state index is 0.00418. The Morgan fingerprint density at radius 1 is 1.35 bits per heavy atom. The molecule has 5 heteroatoms. The lowest BCUT2D eigenvalue weighted by Gasteiger charge is -2.25. The number of benzene rings is 1. The summed E-state index contributed by atoms with van der Waals surface area (Å²) in [7, 11) is 0. The van der Waals surface area contributed by atoms with Crippen molar-refractivity contribution in [1.82, 2.24) is 9.78 Å². The molecule has 1 aromatic heterocycles. The quantitative estimate of drug-likeness (QED) is 0.811. The van der Waals surface area contributed by atoms with E-state index in [1.54, 1.807) is 28.7 Å². The highest BCUT2D eigenvalue weighted by molar-refractivity contribution is 8.00. The van der Waals surface area contributed by atoms with E-state index in [1.807, 2.05) is 37.3 Å². The minimum atomic E-state index is -0.282. The van der Waals surface area contributed by atoms with E-state index in [1.165, 1.54) is 0 Å². The van der Waals surface area contributed by atoms with Crippen molar-refractivity contribution in [2.45, 2.75) is 19.1 Å². The molecule has 0 bridgehead atoms. The number of thioether (sulfide) groups is 1. The van der Waals surface area contributed by atoms with Gasteiger partial charge in [-0.2, -0.15) is 16.9 Å². The fourth-order valence-corrected chi connectivity index (χ4v) is 2.72. The second kappa shape index (κ2) is 5.71. The van der Waals surface area contributed by atoms with Crippen LogP contribution >= 0.6 is 11.8 Å². The smallest absolute Gasteiger partial charge is 0.356 e. The van der Waals surface area contributed by atoms with Crippen LogP contribution in [0.2, 0.25) is 0 Å². The summed E-state index contributed by atoms with van der Waals surface area (Å²) in [5, 5.41) is 4.28. The van der Waals surface area contributed by atoms with Gasteiger partial charge in [0.05, 0.1) is 6.04 Å². The lowest BCUT2D eigenvalue weighted by atomic mass is 10.1. The van der Waals surface area contributed by atoms with Crippen molar-refractivity contribution >= 4 is 17.7 Å². The zero-order chi connectivity index (χ0) is 13.9. The van der Waals surface area contributed by atoms with Gasteiger partial charge >= 0.3 is 5.97 Å². The number of rotatable bonds is 4. The van der Waals surface area contributed by atoms with Gasteiger partial charge in [0.2, 0.25) is 0 Å². The van der Waals surface area contributed by atoms with E-state index < -0.39 is 0 Å². The number of aromatic nitrogens is 2. The predicted molar refractivity (Wildman–Crippen MR) is 79.0 cm³/mol. The van der Waals surface area contributed by atoms with E-state index in [4.69, 9.17) is 4.74 Å². The average molecular weight is 288 g/mol.